The van der Waals surface area contributed by atoms with Crippen molar-refractivity contribution < 1.29 is 36.3 Å². The van der Waals surface area contributed by atoms with Crippen LogP contribution in [0.25, 0.3) is 0 Å². The topological polar surface area (TPSA) is 65.1 Å². The van der Waals surface area contributed by atoms with Gasteiger partial charge in [0.05, 0.1) is 22.9 Å². The maximum absolute atomic E-state index is 13.4. The van der Waals surface area contributed by atoms with E-state index in [1.54, 1.807) is 12.1 Å². The van der Waals surface area contributed by atoms with E-state index in [0.29, 0.717) is 42.5 Å². The molecule has 2 amide bonds. The van der Waals surface area contributed by atoms with Crippen LogP contribution in [0.4, 0.5) is 33.3 Å². The summed E-state index contributed by atoms with van der Waals surface area (Å²) in [5.41, 5.74) is 0.956. The fourth-order valence-electron chi connectivity index (χ4n) is 4.44. The van der Waals surface area contributed by atoms with Crippen LogP contribution in [-0.4, -0.2) is 79.7 Å². The van der Waals surface area contributed by atoms with Crippen molar-refractivity contribution in [2.75, 3.05) is 56.0 Å². The highest BCUT2D eigenvalue weighted by atomic mass is 35.5. The molecule has 2 aromatic carbocycles. The monoisotopic (exact) mass is 560 g/mol. The van der Waals surface area contributed by atoms with Crippen molar-refractivity contribution in [1.29, 1.82) is 0 Å². The van der Waals surface area contributed by atoms with Crippen LogP contribution in [0.5, 0.6) is 5.75 Å². The van der Waals surface area contributed by atoms with Crippen molar-refractivity contribution in [3.05, 3.63) is 53.1 Å². The lowest BCUT2D eigenvalue weighted by Crippen LogP contribution is -2.48. The molecule has 0 saturated carbocycles. The van der Waals surface area contributed by atoms with E-state index < -0.39 is 23.9 Å². The Hall–Kier alpha value is -3.12. The van der Waals surface area contributed by atoms with Crippen molar-refractivity contribution in [2.45, 2.75) is 25.1 Å². The van der Waals surface area contributed by atoms with Gasteiger partial charge in [0.1, 0.15) is 0 Å². The largest absolute Gasteiger partial charge is 0.573 e. The first-order valence-corrected chi connectivity index (χ1v) is 12.4. The van der Waals surface area contributed by atoms with E-state index in [0.717, 1.165) is 6.07 Å². The fourth-order valence-corrected chi connectivity index (χ4v) is 4.74. The number of carbonyl (C=O) groups is 2. The van der Waals surface area contributed by atoms with Gasteiger partial charge in [0, 0.05) is 57.7 Å². The molecule has 2 aliphatic rings. The summed E-state index contributed by atoms with van der Waals surface area (Å²) in [4.78, 5) is 30.4. The van der Waals surface area contributed by atoms with Gasteiger partial charge in [-0.15, -0.1) is 13.2 Å². The first-order chi connectivity index (χ1) is 17.9. The molecule has 1 N–H and O–H groups in total. The molecule has 0 aromatic heterocycles. The van der Waals surface area contributed by atoms with Gasteiger partial charge in [0.25, 0.3) is 11.8 Å². The van der Waals surface area contributed by atoms with Gasteiger partial charge in [0.15, 0.2) is 5.75 Å². The van der Waals surface area contributed by atoms with Crippen LogP contribution < -0.4 is 15.0 Å². The first-order valence-electron chi connectivity index (χ1n) is 12.0. The summed E-state index contributed by atoms with van der Waals surface area (Å²) < 4.78 is 68.6. The number of carbonyl (C=O) groups excluding carboxylic acids is 2. The highest BCUT2D eigenvalue weighted by Gasteiger charge is 2.36. The van der Waals surface area contributed by atoms with E-state index in [1.165, 1.54) is 29.2 Å². The number of benzene rings is 2. The molecule has 2 aliphatic heterocycles. The second-order valence-corrected chi connectivity index (χ2v) is 9.58. The number of para-hydroxylation sites is 2. The summed E-state index contributed by atoms with van der Waals surface area (Å²) in [5, 5.41) is 2.82. The van der Waals surface area contributed by atoms with Crippen molar-refractivity contribution in [1.82, 2.24) is 9.80 Å². The average molecular weight is 561 g/mol. The fraction of sp³-hybridized carbons (Fsp3) is 0.440. The SMILES string of the molecule is O=C(CN1CCN(c2ccc(C(=O)N3CCC(F)(F)CC3)cc2Cl)CC1)Nc1ccccc1OC(F)(F)F. The number of amides is 2. The standard InChI is InChI=1S/C25H26ClF5N4O3/c26-18-15-17(23(37)35-9-7-24(27,28)8-10-35)5-6-20(18)34-13-11-33(12-14-34)16-22(36)32-19-3-1-2-4-21(19)38-25(29,30)31/h1-6,15H,7-14,16H2,(H,32,36). The smallest absolute Gasteiger partial charge is 0.404 e. The minimum atomic E-state index is -4.88. The van der Waals surface area contributed by atoms with Crippen LogP contribution in [0, 0.1) is 0 Å². The molecule has 0 atom stereocenters. The number of rotatable bonds is 6. The van der Waals surface area contributed by atoms with Crippen molar-refractivity contribution in [2.24, 2.45) is 0 Å². The van der Waals surface area contributed by atoms with Gasteiger partial charge in [-0.3, -0.25) is 14.5 Å². The molecular weight excluding hydrogens is 535 g/mol. The van der Waals surface area contributed by atoms with Gasteiger partial charge in [-0.1, -0.05) is 23.7 Å². The van der Waals surface area contributed by atoms with Crippen LogP contribution in [0.3, 0.4) is 0 Å². The van der Waals surface area contributed by atoms with Gasteiger partial charge in [-0.25, -0.2) is 8.78 Å². The molecule has 13 heteroatoms. The Balaban J connectivity index is 1.29. The summed E-state index contributed by atoms with van der Waals surface area (Å²) in [7, 11) is 0. The lowest BCUT2D eigenvalue weighted by Gasteiger charge is -2.36. The van der Waals surface area contributed by atoms with E-state index in [4.69, 9.17) is 11.6 Å². The Kier molecular flexibility index (Phi) is 8.31. The third-order valence-electron chi connectivity index (χ3n) is 6.44. The normalized spacial score (nSPS) is 18.3. The molecule has 2 aromatic rings. The van der Waals surface area contributed by atoms with Gasteiger partial charge < -0.3 is 19.9 Å². The van der Waals surface area contributed by atoms with Gasteiger partial charge in [-0.05, 0) is 30.3 Å². The van der Waals surface area contributed by atoms with Crippen molar-refractivity contribution in [3.63, 3.8) is 0 Å². The zero-order chi connectivity index (χ0) is 27.5. The number of hydrogen-bond acceptors (Lipinski definition) is 5. The summed E-state index contributed by atoms with van der Waals surface area (Å²) in [6.07, 6.45) is -5.60. The third kappa shape index (κ3) is 7.25. The zero-order valence-corrected chi connectivity index (χ0v) is 21.0. The van der Waals surface area contributed by atoms with Gasteiger partial charge in [0.2, 0.25) is 5.91 Å². The zero-order valence-electron chi connectivity index (χ0n) is 20.2. The Morgan fingerprint density at radius 3 is 2.26 bits per heavy atom. The van der Waals surface area contributed by atoms with E-state index in [1.807, 2.05) is 9.80 Å². The molecule has 2 saturated heterocycles. The number of nitrogens with zero attached hydrogens (tertiary/aromatic N) is 3. The lowest BCUT2D eigenvalue weighted by atomic mass is 10.1. The Bertz CT molecular complexity index is 1160. The van der Waals surface area contributed by atoms with E-state index in [2.05, 4.69) is 10.1 Å². The highest BCUT2D eigenvalue weighted by Crippen LogP contribution is 2.32. The molecule has 0 bridgehead atoms. The third-order valence-corrected chi connectivity index (χ3v) is 6.75. The molecule has 4 rings (SSSR count). The van der Waals surface area contributed by atoms with Crippen LogP contribution in [0.1, 0.15) is 23.2 Å². The molecule has 0 spiro atoms. The predicted molar refractivity (Wildman–Crippen MR) is 132 cm³/mol. The highest BCUT2D eigenvalue weighted by molar-refractivity contribution is 6.33. The van der Waals surface area contributed by atoms with Gasteiger partial charge >= 0.3 is 6.36 Å². The minimum Gasteiger partial charge on any atom is -0.404 e. The summed E-state index contributed by atoms with van der Waals surface area (Å²) in [6.45, 7) is 1.98. The quantitative estimate of drug-likeness (QED) is 0.511. The first kappa shape index (κ1) is 27.9. The van der Waals surface area contributed by atoms with Crippen LogP contribution in [0.15, 0.2) is 42.5 Å². The number of hydrogen-bond donors (Lipinski definition) is 1. The number of ether oxygens (including phenoxy) is 1. The number of alkyl halides is 5. The van der Waals surface area contributed by atoms with Crippen LogP contribution in [-0.2, 0) is 4.79 Å². The Morgan fingerprint density at radius 1 is 0.974 bits per heavy atom. The van der Waals surface area contributed by atoms with E-state index >= 15 is 0 Å². The van der Waals surface area contributed by atoms with Crippen molar-refractivity contribution in [3.8, 4) is 5.75 Å². The maximum Gasteiger partial charge on any atom is 0.573 e. The second-order valence-electron chi connectivity index (χ2n) is 9.17. The molecular formula is C25H26ClF5N4O3. The molecule has 0 radical (unpaired) electrons. The molecule has 2 fully saturated rings. The summed E-state index contributed by atoms with van der Waals surface area (Å²) in [5.74, 6) is -4.05. The Labute approximate surface area is 221 Å². The average Bonchev–Trinajstić information content (AvgIpc) is 2.84. The molecule has 206 valence electrons. The number of piperidine rings is 1. The maximum atomic E-state index is 13.4. The summed E-state index contributed by atoms with van der Waals surface area (Å²) >= 11 is 6.46. The van der Waals surface area contributed by atoms with E-state index in [9.17, 15) is 31.5 Å². The number of likely N-dealkylation sites (tertiary alicyclic amines) is 1. The molecule has 38 heavy (non-hydrogen) atoms. The van der Waals surface area contributed by atoms with Gasteiger partial charge in [-0.2, -0.15) is 0 Å². The van der Waals surface area contributed by atoms with Crippen LogP contribution >= 0.6 is 11.6 Å². The number of piperazine rings is 1. The molecule has 7 nitrogen and oxygen atoms in total. The number of halogens is 6. The summed E-state index contributed by atoms with van der Waals surface area (Å²) in [6, 6.07) is 10.2. The Morgan fingerprint density at radius 2 is 1.63 bits per heavy atom. The van der Waals surface area contributed by atoms with E-state index in [-0.39, 0.29) is 44.1 Å². The molecule has 0 unspecified atom stereocenters. The lowest BCUT2D eigenvalue weighted by molar-refractivity contribution is -0.274. The molecule has 2 heterocycles. The van der Waals surface area contributed by atoms with Crippen LogP contribution in [0.2, 0.25) is 5.02 Å². The minimum absolute atomic E-state index is 0.0122. The number of anilines is 2. The second kappa shape index (κ2) is 11.3. The molecule has 0 aliphatic carbocycles. The number of nitrogens with one attached hydrogen (secondary N) is 1. The predicted octanol–water partition coefficient (Wildman–Crippen LogP) is 4.87. The van der Waals surface area contributed by atoms with Crippen molar-refractivity contribution >= 4 is 34.8 Å².